The molecule has 0 fully saturated rings. The Hall–Kier alpha value is -0.0300. The average Bonchev–Trinajstić information content (AvgIpc) is 2.37. The Labute approximate surface area is 148 Å². The van der Waals surface area contributed by atoms with E-state index in [0.717, 1.165) is 0 Å². The zero-order chi connectivity index (χ0) is 13.0. The molecule has 1 nitrogen and oxygen atoms in total. The number of unbranched alkanes of at least 4 members (excludes halogenated alkanes) is 4. The smallest absolute Gasteiger partial charge is 0.0786 e. The van der Waals surface area contributed by atoms with E-state index in [9.17, 15) is 0 Å². The topological polar surface area (TPSA) is 0 Å². The van der Waals surface area contributed by atoms with Crippen LogP contribution in [0, 0.1) is 0 Å². The molecule has 0 rings (SSSR count). The average molecular weight is 397 g/mol. The second-order valence-electron chi connectivity index (χ2n) is 5.65. The highest BCUT2D eigenvalue weighted by molar-refractivity contribution is 6.92. The summed E-state index contributed by atoms with van der Waals surface area (Å²) in [6, 6.07) is 0. The van der Waals surface area contributed by atoms with E-state index in [1.54, 1.807) is 0 Å². The molecule has 8 heteroatoms. The molecule has 1 atom stereocenters. The largest absolute Gasteiger partial charge is 0.324 e. The molecule has 24 heavy (non-hydrogen) atoms. The van der Waals surface area contributed by atoms with E-state index in [4.69, 9.17) is 0 Å². The Morgan fingerprint density at radius 3 is 0.708 bits per heavy atom. The van der Waals surface area contributed by atoms with Crippen LogP contribution < -0.4 is 0 Å². The molecule has 0 spiro atoms. The molecule has 0 N–H and O–H groups in total. The third kappa shape index (κ3) is 24.2. The van der Waals surface area contributed by atoms with E-state index in [1.807, 2.05) is 0 Å². The van der Waals surface area contributed by atoms with Crippen molar-refractivity contribution in [2.75, 3.05) is 26.2 Å². The summed E-state index contributed by atoms with van der Waals surface area (Å²) in [5.41, 5.74) is 0. The molecule has 0 aromatic rings. The minimum Gasteiger partial charge on any atom is -0.324 e. The standard InChI is InChI=1S/C16H36N.6FH.H3P/c1-5-9-13-17(14-10-6-2,15-11-7-3)16-12-8-4;;;;;;;/h5-16H2,1-4H3;6*1H;1H3/q+1;;;;;;;. The highest BCUT2D eigenvalue weighted by Crippen LogP contribution is 2.16. The Morgan fingerprint density at radius 2 is 0.583 bits per heavy atom. The number of hydrogen-bond acceptors (Lipinski definition) is 0. The lowest BCUT2D eigenvalue weighted by Gasteiger charge is -2.39. The Balaban J connectivity index is -0.0000000610. The van der Waals surface area contributed by atoms with Crippen LogP contribution in [0.2, 0.25) is 0 Å². The summed E-state index contributed by atoms with van der Waals surface area (Å²) < 4.78 is 1.42. The monoisotopic (exact) mass is 396 g/mol. The predicted molar refractivity (Wildman–Crippen MR) is 105 cm³/mol. The maximum Gasteiger partial charge on any atom is 0.0786 e. The fraction of sp³-hybridized carbons (Fsp3) is 1.00. The van der Waals surface area contributed by atoms with E-state index >= 15 is 0 Å². The summed E-state index contributed by atoms with van der Waals surface area (Å²) in [4.78, 5) is 0. The number of nitrogens with zero attached hydrogens (tertiary/aromatic N) is 1. The van der Waals surface area contributed by atoms with Gasteiger partial charge in [0.15, 0.2) is 0 Å². The molecule has 0 aliphatic carbocycles. The van der Waals surface area contributed by atoms with E-state index < -0.39 is 0 Å². The van der Waals surface area contributed by atoms with Crippen molar-refractivity contribution in [3.8, 4) is 0 Å². The zero-order valence-electron chi connectivity index (χ0n) is 16.1. The predicted octanol–water partition coefficient (Wildman–Crippen LogP) is 5.98. The molecule has 1 unspecified atom stereocenters. The highest BCUT2D eigenvalue weighted by atomic mass is 31.0. The van der Waals surface area contributed by atoms with Crippen LogP contribution in [-0.4, -0.2) is 30.7 Å². The first kappa shape index (κ1) is 49.6. The van der Waals surface area contributed by atoms with E-state index in [-0.39, 0.29) is 38.1 Å². The summed E-state index contributed by atoms with van der Waals surface area (Å²) in [5.74, 6) is 0. The van der Waals surface area contributed by atoms with Gasteiger partial charge in [-0.15, -0.1) is 0 Å². The maximum absolute atomic E-state index is 2.33. The van der Waals surface area contributed by atoms with Crippen LogP contribution >= 0.6 is 9.90 Å². The van der Waals surface area contributed by atoms with E-state index in [1.165, 1.54) is 82.0 Å². The molecule has 0 saturated heterocycles. The lowest BCUT2D eigenvalue weighted by Crippen LogP contribution is -2.50. The van der Waals surface area contributed by atoms with Gasteiger partial charge < -0.3 is 4.48 Å². The molecule has 0 aliphatic heterocycles. The lowest BCUT2D eigenvalue weighted by atomic mass is 10.1. The molecule has 0 saturated carbocycles. The fourth-order valence-electron chi connectivity index (χ4n) is 2.64. The SMILES string of the molecule is CCCC[N+](CCCC)(CCCC)CCCC.F.F.F.F.F.F.P. The fourth-order valence-corrected chi connectivity index (χ4v) is 2.64. The van der Waals surface area contributed by atoms with Crippen LogP contribution in [0.4, 0.5) is 28.2 Å². The molecular formula is C16H45F6NP+. The molecule has 0 aromatic carbocycles. The van der Waals surface area contributed by atoms with Gasteiger partial charge in [-0.2, -0.15) is 9.90 Å². The van der Waals surface area contributed by atoms with Gasteiger partial charge in [0.05, 0.1) is 26.2 Å². The molecular weight excluding hydrogens is 351 g/mol. The van der Waals surface area contributed by atoms with Gasteiger partial charge in [0, 0.05) is 0 Å². The van der Waals surface area contributed by atoms with Crippen molar-refractivity contribution in [1.82, 2.24) is 0 Å². The van der Waals surface area contributed by atoms with Gasteiger partial charge in [-0.3, -0.25) is 28.2 Å². The van der Waals surface area contributed by atoms with Crippen molar-refractivity contribution < 1.29 is 32.7 Å². The number of rotatable bonds is 12. The van der Waals surface area contributed by atoms with Crippen molar-refractivity contribution in [2.45, 2.75) is 79.1 Å². The molecule has 0 radical (unpaired) electrons. The number of quaternary nitrogens is 1. The highest BCUT2D eigenvalue weighted by Gasteiger charge is 2.24. The molecule has 0 amide bonds. The van der Waals surface area contributed by atoms with Gasteiger partial charge in [0.2, 0.25) is 0 Å². The van der Waals surface area contributed by atoms with Crippen molar-refractivity contribution in [3.05, 3.63) is 0 Å². The first-order valence-electron chi connectivity index (χ1n) is 8.09. The third-order valence-corrected chi connectivity index (χ3v) is 3.94. The second-order valence-corrected chi connectivity index (χ2v) is 5.65. The van der Waals surface area contributed by atoms with Crippen molar-refractivity contribution >= 4 is 9.90 Å². The Morgan fingerprint density at radius 1 is 0.417 bits per heavy atom. The maximum atomic E-state index is 2.33. The first-order valence-corrected chi connectivity index (χ1v) is 8.09. The Bertz CT molecular complexity index is 141. The summed E-state index contributed by atoms with van der Waals surface area (Å²) in [6.45, 7) is 15.0. The minimum atomic E-state index is 0. The third-order valence-electron chi connectivity index (χ3n) is 3.94. The molecule has 0 bridgehead atoms. The first-order chi connectivity index (χ1) is 8.24. The van der Waals surface area contributed by atoms with Gasteiger partial charge in [-0.25, -0.2) is 0 Å². The van der Waals surface area contributed by atoms with E-state index in [2.05, 4.69) is 27.7 Å². The number of hydrogen-bond donors (Lipinski definition) is 0. The molecule has 0 heterocycles. The quantitative estimate of drug-likeness (QED) is 0.216. The normalized spacial score (nSPS) is 8.50. The lowest BCUT2D eigenvalue weighted by molar-refractivity contribution is -0.929. The van der Waals surface area contributed by atoms with Crippen LogP contribution in [0.1, 0.15) is 79.1 Å². The molecule has 160 valence electrons. The van der Waals surface area contributed by atoms with Crippen LogP contribution in [0.5, 0.6) is 0 Å². The van der Waals surface area contributed by atoms with Gasteiger partial charge in [-0.05, 0) is 25.7 Å². The molecule has 0 aromatic heterocycles. The van der Waals surface area contributed by atoms with Gasteiger partial charge in [0.25, 0.3) is 0 Å². The summed E-state index contributed by atoms with van der Waals surface area (Å²) >= 11 is 0. The van der Waals surface area contributed by atoms with Gasteiger partial charge in [0.1, 0.15) is 0 Å². The molecule has 0 aliphatic rings. The summed E-state index contributed by atoms with van der Waals surface area (Å²) in [6.07, 6.45) is 11.1. The zero-order valence-corrected chi connectivity index (χ0v) is 17.5. The van der Waals surface area contributed by atoms with Gasteiger partial charge >= 0.3 is 0 Å². The van der Waals surface area contributed by atoms with Crippen molar-refractivity contribution in [1.29, 1.82) is 0 Å². The number of halogens is 6. The van der Waals surface area contributed by atoms with Gasteiger partial charge in [-0.1, -0.05) is 53.4 Å². The van der Waals surface area contributed by atoms with Crippen LogP contribution in [-0.2, 0) is 0 Å². The van der Waals surface area contributed by atoms with Crippen LogP contribution in [0.25, 0.3) is 0 Å². The van der Waals surface area contributed by atoms with Crippen LogP contribution in [0.15, 0.2) is 0 Å². The van der Waals surface area contributed by atoms with Crippen molar-refractivity contribution in [3.63, 3.8) is 0 Å². The second kappa shape index (κ2) is 34.3. The summed E-state index contributed by atoms with van der Waals surface area (Å²) in [5, 5.41) is 0. The van der Waals surface area contributed by atoms with Crippen molar-refractivity contribution in [2.24, 2.45) is 0 Å². The van der Waals surface area contributed by atoms with E-state index in [0.29, 0.717) is 0 Å². The summed E-state index contributed by atoms with van der Waals surface area (Å²) in [7, 11) is 0. The Kier molecular flexibility index (Phi) is 70.9. The van der Waals surface area contributed by atoms with Crippen LogP contribution in [0.3, 0.4) is 0 Å². The minimum absolute atomic E-state index is 0.